The van der Waals surface area contributed by atoms with E-state index in [-0.39, 0.29) is 17.8 Å². The number of nitrogens with zero attached hydrogens (tertiary/aromatic N) is 2. The molecular formula is C13H19N3O3. The number of urea groups is 1. The molecule has 1 heterocycles. The predicted octanol–water partition coefficient (Wildman–Crippen LogP) is 2.43. The number of rotatable bonds is 5. The van der Waals surface area contributed by atoms with Crippen molar-refractivity contribution in [1.82, 2.24) is 9.88 Å². The van der Waals surface area contributed by atoms with Crippen LogP contribution in [0.4, 0.5) is 10.5 Å². The summed E-state index contributed by atoms with van der Waals surface area (Å²) in [6.07, 6.45) is 3.11. The number of aromatic carboxylic acids is 1. The largest absolute Gasteiger partial charge is 0.477 e. The van der Waals surface area contributed by atoms with Gasteiger partial charge in [-0.2, -0.15) is 0 Å². The summed E-state index contributed by atoms with van der Waals surface area (Å²) in [5.41, 5.74) is 0.430. The summed E-state index contributed by atoms with van der Waals surface area (Å²) in [5.74, 6) is -1.09. The number of hydrogen-bond acceptors (Lipinski definition) is 3. The number of anilines is 1. The Balaban J connectivity index is 2.68. The van der Waals surface area contributed by atoms with Crippen LogP contribution in [0.3, 0.4) is 0 Å². The number of amides is 2. The van der Waals surface area contributed by atoms with E-state index in [9.17, 15) is 9.59 Å². The maximum Gasteiger partial charge on any atom is 0.354 e. The van der Waals surface area contributed by atoms with Gasteiger partial charge in [-0.1, -0.05) is 13.8 Å². The van der Waals surface area contributed by atoms with Crippen molar-refractivity contribution in [3.05, 3.63) is 24.0 Å². The molecule has 0 aromatic carbocycles. The fourth-order valence-electron chi connectivity index (χ4n) is 1.81. The summed E-state index contributed by atoms with van der Waals surface area (Å²) in [4.78, 5) is 28.0. The van der Waals surface area contributed by atoms with Gasteiger partial charge in [-0.25, -0.2) is 14.6 Å². The highest BCUT2D eigenvalue weighted by Gasteiger charge is 2.16. The molecule has 0 saturated carbocycles. The predicted molar refractivity (Wildman–Crippen MR) is 72.3 cm³/mol. The second kappa shape index (κ2) is 6.72. The van der Waals surface area contributed by atoms with E-state index in [0.717, 1.165) is 12.8 Å². The van der Waals surface area contributed by atoms with Gasteiger partial charge in [0.2, 0.25) is 0 Å². The first kappa shape index (κ1) is 14.9. The minimum Gasteiger partial charge on any atom is -0.477 e. The van der Waals surface area contributed by atoms with E-state index in [2.05, 4.69) is 10.3 Å². The molecule has 1 rings (SSSR count). The number of nitrogens with one attached hydrogen (secondary N) is 1. The molecule has 0 aliphatic rings. The molecule has 2 N–H and O–H groups in total. The number of carboxylic acids is 1. The number of carboxylic acid groups (broad SMARTS) is 1. The van der Waals surface area contributed by atoms with Gasteiger partial charge in [-0.3, -0.25) is 0 Å². The van der Waals surface area contributed by atoms with Crippen LogP contribution < -0.4 is 5.32 Å². The van der Waals surface area contributed by atoms with Crippen molar-refractivity contribution in [3.8, 4) is 0 Å². The number of aromatic nitrogens is 1. The standard InChI is InChI=1S/C13H19N3O3/c1-4-10(5-2)16(3)13(19)15-9-6-7-11(12(17)18)14-8-9/h6-8,10H,4-5H2,1-3H3,(H,15,19)(H,17,18). The van der Waals surface area contributed by atoms with Gasteiger partial charge in [-0.05, 0) is 25.0 Å². The van der Waals surface area contributed by atoms with Crippen LogP contribution in [0.15, 0.2) is 18.3 Å². The molecule has 19 heavy (non-hydrogen) atoms. The van der Waals surface area contributed by atoms with Crippen molar-refractivity contribution in [1.29, 1.82) is 0 Å². The molecule has 0 atom stereocenters. The Labute approximate surface area is 112 Å². The van der Waals surface area contributed by atoms with Gasteiger partial charge in [0.15, 0.2) is 0 Å². The van der Waals surface area contributed by atoms with Crippen molar-refractivity contribution >= 4 is 17.7 Å². The van der Waals surface area contributed by atoms with Gasteiger partial charge in [0.1, 0.15) is 5.69 Å². The molecule has 1 aromatic rings. The van der Waals surface area contributed by atoms with Gasteiger partial charge in [0, 0.05) is 13.1 Å². The van der Waals surface area contributed by atoms with Gasteiger partial charge in [0.05, 0.1) is 11.9 Å². The van der Waals surface area contributed by atoms with E-state index in [0.29, 0.717) is 5.69 Å². The Hall–Kier alpha value is -2.11. The first-order valence-corrected chi connectivity index (χ1v) is 6.22. The van der Waals surface area contributed by atoms with E-state index in [1.807, 2.05) is 13.8 Å². The zero-order chi connectivity index (χ0) is 14.4. The molecule has 0 aliphatic carbocycles. The quantitative estimate of drug-likeness (QED) is 0.856. The van der Waals surface area contributed by atoms with E-state index in [1.54, 1.807) is 11.9 Å². The molecular weight excluding hydrogens is 246 g/mol. The molecule has 2 amide bonds. The summed E-state index contributed by atoms with van der Waals surface area (Å²) in [6.45, 7) is 4.06. The molecule has 6 nitrogen and oxygen atoms in total. The minimum atomic E-state index is -1.09. The van der Waals surface area contributed by atoms with E-state index in [4.69, 9.17) is 5.11 Å². The third kappa shape index (κ3) is 3.94. The third-order valence-electron chi connectivity index (χ3n) is 3.04. The number of pyridine rings is 1. The molecule has 0 aliphatic heterocycles. The Bertz CT molecular complexity index is 441. The third-order valence-corrected chi connectivity index (χ3v) is 3.04. The van der Waals surface area contributed by atoms with Gasteiger partial charge in [-0.15, -0.1) is 0 Å². The second-order valence-corrected chi connectivity index (χ2v) is 4.25. The first-order chi connectivity index (χ1) is 8.99. The SMILES string of the molecule is CCC(CC)N(C)C(=O)Nc1ccc(C(=O)O)nc1. The van der Waals surface area contributed by atoms with Crippen molar-refractivity contribution in [2.24, 2.45) is 0 Å². The van der Waals surface area contributed by atoms with E-state index >= 15 is 0 Å². The zero-order valence-electron chi connectivity index (χ0n) is 11.4. The fourth-order valence-corrected chi connectivity index (χ4v) is 1.81. The van der Waals surface area contributed by atoms with Crippen molar-refractivity contribution < 1.29 is 14.7 Å². The summed E-state index contributed by atoms with van der Waals surface area (Å²) < 4.78 is 0. The molecule has 6 heteroatoms. The zero-order valence-corrected chi connectivity index (χ0v) is 11.4. The highest BCUT2D eigenvalue weighted by molar-refractivity contribution is 5.90. The van der Waals surface area contributed by atoms with Gasteiger partial charge in [0.25, 0.3) is 0 Å². The first-order valence-electron chi connectivity index (χ1n) is 6.22. The number of hydrogen-bond donors (Lipinski definition) is 2. The Morgan fingerprint density at radius 1 is 1.37 bits per heavy atom. The average Bonchev–Trinajstić information content (AvgIpc) is 2.40. The highest BCUT2D eigenvalue weighted by atomic mass is 16.4. The van der Waals surface area contributed by atoms with Crippen LogP contribution >= 0.6 is 0 Å². The normalized spacial score (nSPS) is 10.3. The van der Waals surface area contributed by atoms with Crippen LogP contribution in [0.1, 0.15) is 37.2 Å². The lowest BCUT2D eigenvalue weighted by atomic mass is 10.1. The molecule has 0 spiro atoms. The van der Waals surface area contributed by atoms with Gasteiger partial charge >= 0.3 is 12.0 Å². The monoisotopic (exact) mass is 265 g/mol. The smallest absolute Gasteiger partial charge is 0.354 e. The summed E-state index contributed by atoms with van der Waals surface area (Å²) in [7, 11) is 1.74. The summed E-state index contributed by atoms with van der Waals surface area (Å²) in [6, 6.07) is 2.84. The van der Waals surface area contributed by atoms with Crippen LogP contribution in [0.25, 0.3) is 0 Å². The second-order valence-electron chi connectivity index (χ2n) is 4.25. The maximum atomic E-state index is 12.0. The van der Waals surface area contributed by atoms with Crippen molar-refractivity contribution in [3.63, 3.8) is 0 Å². The topological polar surface area (TPSA) is 82.5 Å². The Kier molecular flexibility index (Phi) is 5.29. The molecule has 0 bridgehead atoms. The number of carbonyl (C=O) groups excluding carboxylic acids is 1. The molecule has 0 saturated heterocycles. The van der Waals surface area contributed by atoms with Crippen LogP contribution in [-0.4, -0.2) is 40.1 Å². The molecule has 0 radical (unpaired) electrons. The van der Waals surface area contributed by atoms with Crippen LogP contribution in [0, 0.1) is 0 Å². The molecule has 0 fully saturated rings. The minimum absolute atomic E-state index is 0.0497. The van der Waals surface area contributed by atoms with Crippen molar-refractivity contribution in [2.75, 3.05) is 12.4 Å². The average molecular weight is 265 g/mol. The maximum absolute atomic E-state index is 12.0. The molecule has 0 unspecified atom stereocenters. The Morgan fingerprint density at radius 3 is 2.42 bits per heavy atom. The lowest BCUT2D eigenvalue weighted by Crippen LogP contribution is -2.39. The summed E-state index contributed by atoms with van der Waals surface area (Å²) in [5, 5.41) is 11.4. The van der Waals surface area contributed by atoms with Gasteiger partial charge < -0.3 is 15.3 Å². The van der Waals surface area contributed by atoms with Crippen LogP contribution in [-0.2, 0) is 0 Å². The number of carbonyl (C=O) groups is 2. The molecule has 104 valence electrons. The Morgan fingerprint density at radius 2 is 2.00 bits per heavy atom. The van der Waals surface area contributed by atoms with E-state index in [1.165, 1.54) is 18.3 Å². The van der Waals surface area contributed by atoms with Crippen LogP contribution in [0.2, 0.25) is 0 Å². The van der Waals surface area contributed by atoms with Crippen molar-refractivity contribution in [2.45, 2.75) is 32.7 Å². The van der Waals surface area contributed by atoms with Crippen LogP contribution in [0.5, 0.6) is 0 Å². The summed E-state index contributed by atoms with van der Waals surface area (Å²) >= 11 is 0. The van der Waals surface area contributed by atoms with E-state index < -0.39 is 5.97 Å². The fraction of sp³-hybridized carbons (Fsp3) is 0.462. The lowest BCUT2D eigenvalue weighted by molar-refractivity contribution is 0.0690. The lowest BCUT2D eigenvalue weighted by Gasteiger charge is -2.26. The molecule has 1 aromatic heterocycles. The highest BCUT2D eigenvalue weighted by Crippen LogP contribution is 2.11.